The lowest BCUT2D eigenvalue weighted by Gasteiger charge is -2.46. The highest BCUT2D eigenvalue weighted by molar-refractivity contribution is 7.71. The summed E-state index contributed by atoms with van der Waals surface area (Å²) in [5.41, 5.74) is 3.31. The number of nitrogens with zero attached hydrogens (tertiary/aromatic N) is 2. The molecule has 1 aliphatic heterocycles. The van der Waals surface area contributed by atoms with Crippen LogP contribution in [0.4, 0.5) is 0 Å². The summed E-state index contributed by atoms with van der Waals surface area (Å²) >= 11 is 5.95. The number of carbonyl (C=O) groups is 4. The van der Waals surface area contributed by atoms with Crippen LogP contribution in [0.25, 0.3) is 11.1 Å². The van der Waals surface area contributed by atoms with Gasteiger partial charge in [0, 0.05) is 39.0 Å². The first-order chi connectivity index (χ1) is 21.0. The van der Waals surface area contributed by atoms with Crippen LogP contribution in [0.2, 0.25) is 0 Å². The van der Waals surface area contributed by atoms with E-state index in [9.17, 15) is 24.4 Å². The van der Waals surface area contributed by atoms with Crippen LogP contribution in [-0.4, -0.2) is 66.6 Å². The second kappa shape index (κ2) is 14.0. The number of methoxy groups -OCH3 is 1. The fourth-order valence-electron chi connectivity index (χ4n) is 5.79. The van der Waals surface area contributed by atoms with Crippen LogP contribution < -0.4 is 4.74 Å². The van der Waals surface area contributed by atoms with Crippen LogP contribution in [0.15, 0.2) is 24.3 Å². The van der Waals surface area contributed by atoms with Gasteiger partial charge in [0.05, 0.1) is 12.7 Å². The van der Waals surface area contributed by atoms with Gasteiger partial charge < -0.3 is 33.0 Å². The molecule has 234 valence electrons. The zero-order chi connectivity index (χ0) is 32.1. The highest BCUT2D eigenvalue weighted by atomic mass is 32.1. The molecule has 1 saturated heterocycles. The van der Waals surface area contributed by atoms with Crippen LogP contribution in [-0.2, 0) is 55.7 Å². The fraction of sp³-hybridized carbons (Fsp3) is 0.484. The molecule has 1 aromatic carbocycles. The van der Waals surface area contributed by atoms with E-state index < -0.39 is 54.5 Å². The van der Waals surface area contributed by atoms with Crippen LogP contribution in [0, 0.1) is 16.0 Å². The smallest absolute Gasteiger partial charge is 0.303 e. The number of esters is 4. The van der Waals surface area contributed by atoms with E-state index >= 15 is 0 Å². The molecule has 2 aromatic rings. The molecule has 5 atom stereocenters. The molecule has 1 fully saturated rings. The number of rotatable bonds is 8. The molecule has 0 bridgehead atoms. The molecule has 0 saturated carbocycles. The number of hydrogen-bond donors (Lipinski definition) is 0. The van der Waals surface area contributed by atoms with Crippen molar-refractivity contribution in [3.05, 3.63) is 45.7 Å². The maximum Gasteiger partial charge on any atom is 0.303 e. The molecule has 12 nitrogen and oxygen atoms in total. The van der Waals surface area contributed by atoms with Crippen LogP contribution in [0.3, 0.4) is 0 Å². The largest absolute Gasteiger partial charge is 0.497 e. The molecule has 13 heteroatoms. The van der Waals surface area contributed by atoms with Gasteiger partial charge >= 0.3 is 23.9 Å². The third-order valence-electron chi connectivity index (χ3n) is 7.43. The number of benzene rings is 1. The summed E-state index contributed by atoms with van der Waals surface area (Å²) in [6.07, 6.45) is -3.58. The van der Waals surface area contributed by atoms with Crippen LogP contribution in [0.1, 0.15) is 63.6 Å². The van der Waals surface area contributed by atoms with Gasteiger partial charge in [-0.25, -0.2) is 0 Å². The van der Waals surface area contributed by atoms with E-state index in [1.54, 1.807) is 23.8 Å². The van der Waals surface area contributed by atoms with Gasteiger partial charge in [0.2, 0.25) is 0 Å². The maximum absolute atomic E-state index is 12.4. The highest BCUT2D eigenvalue weighted by Gasteiger charge is 2.53. The first kappa shape index (κ1) is 32.6. The number of carbonyl (C=O) groups excluding carboxylic acids is 4. The first-order valence-electron chi connectivity index (χ1n) is 14.1. The van der Waals surface area contributed by atoms with Gasteiger partial charge in [0.25, 0.3) is 0 Å². The molecule has 0 amide bonds. The molecule has 2 aliphatic rings. The second-order valence-electron chi connectivity index (χ2n) is 10.5. The van der Waals surface area contributed by atoms with Crippen molar-refractivity contribution in [3.63, 3.8) is 0 Å². The minimum absolute atomic E-state index is 0.111. The predicted octanol–water partition coefficient (Wildman–Crippen LogP) is 3.90. The zero-order valence-corrected chi connectivity index (χ0v) is 25.9. The van der Waals surface area contributed by atoms with Crippen molar-refractivity contribution in [1.29, 1.82) is 5.26 Å². The Labute approximate surface area is 259 Å². The van der Waals surface area contributed by atoms with Crippen molar-refractivity contribution < 1.29 is 47.6 Å². The zero-order valence-electron chi connectivity index (χ0n) is 25.1. The SMILES string of the molecule is COc1ccc(-c2c3c(n([C@@H]4O[C@H](COC(C)=O)[C@@H](OC(C)=O)[C@H](OC(C)=O)[C@@H]4OC(C)=O)c(=S)c2C#N)CCCC3)cc1. The molecule has 0 spiro atoms. The summed E-state index contributed by atoms with van der Waals surface area (Å²) < 4.78 is 35.6. The third-order valence-corrected chi connectivity index (χ3v) is 7.83. The highest BCUT2D eigenvalue weighted by Crippen LogP contribution is 2.41. The molecule has 4 rings (SSSR count). The van der Waals surface area contributed by atoms with E-state index in [1.165, 1.54) is 13.8 Å². The summed E-state index contributed by atoms with van der Waals surface area (Å²) in [5, 5.41) is 10.4. The van der Waals surface area contributed by atoms with Crippen molar-refractivity contribution in [2.24, 2.45) is 0 Å². The van der Waals surface area contributed by atoms with Gasteiger partial charge in [0.15, 0.2) is 24.5 Å². The summed E-state index contributed by atoms with van der Waals surface area (Å²) in [5.74, 6) is -2.16. The third kappa shape index (κ3) is 6.92. The topological polar surface area (TPSA) is 152 Å². The minimum Gasteiger partial charge on any atom is -0.497 e. The van der Waals surface area contributed by atoms with E-state index in [0.29, 0.717) is 24.2 Å². The molecule has 2 heterocycles. The summed E-state index contributed by atoms with van der Waals surface area (Å²) in [4.78, 5) is 48.7. The quantitative estimate of drug-likeness (QED) is 0.237. The molecule has 0 unspecified atom stereocenters. The van der Waals surface area contributed by atoms with Crippen molar-refractivity contribution in [3.8, 4) is 22.9 Å². The van der Waals surface area contributed by atoms with Crippen LogP contribution in [0.5, 0.6) is 5.75 Å². The Morgan fingerprint density at radius 1 is 0.909 bits per heavy atom. The van der Waals surface area contributed by atoms with Gasteiger partial charge in [0.1, 0.15) is 29.2 Å². The monoisotopic (exact) mass is 626 g/mol. The van der Waals surface area contributed by atoms with Gasteiger partial charge in [-0.15, -0.1) is 0 Å². The number of ether oxygens (including phenoxy) is 6. The van der Waals surface area contributed by atoms with E-state index in [4.69, 9.17) is 40.6 Å². The molecule has 44 heavy (non-hydrogen) atoms. The summed E-state index contributed by atoms with van der Waals surface area (Å²) in [6.45, 7) is 4.32. The summed E-state index contributed by atoms with van der Waals surface area (Å²) in [6, 6.07) is 9.58. The number of nitriles is 1. The predicted molar refractivity (Wildman–Crippen MR) is 156 cm³/mol. The molecular formula is C31H34N2O10S. The normalized spacial score (nSPS) is 22.5. The van der Waals surface area contributed by atoms with Gasteiger partial charge in [-0.2, -0.15) is 5.26 Å². The molecule has 0 N–H and O–H groups in total. The lowest BCUT2D eigenvalue weighted by atomic mass is 9.86. The van der Waals surface area contributed by atoms with Crippen molar-refractivity contribution in [2.75, 3.05) is 13.7 Å². The molecule has 1 aliphatic carbocycles. The maximum atomic E-state index is 12.4. The van der Waals surface area contributed by atoms with E-state index in [2.05, 4.69) is 6.07 Å². The van der Waals surface area contributed by atoms with E-state index in [1.807, 2.05) is 12.1 Å². The number of fused-ring (bicyclic) bond motifs is 1. The van der Waals surface area contributed by atoms with Crippen molar-refractivity contribution in [1.82, 2.24) is 4.57 Å². The Balaban J connectivity index is 1.98. The number of aromatic nitrogens is 1. The van der Waals surface area contributed by atoms with E-state index in [-0.39, 0.29) is 16.8 Å². The number of hydrogen-bond acceptors (Lipinski definition) is 12. The van der Waals surface area contributed by atoms with Crippen molar-refractivity contribution in [2.45, 2.75) is 84.0 Å². The Kier molecular flexibility index (Phi) is 10.4. The van der Waals surface area contributed by atoms with Gasteiger partial charge in [-0.05, 0) is 48.9 Å². The van der Waals surface area contributed by atoms with Gasteiger partial charge in [-0.3, -0.25) is 19.2 Å². The lowest BCUT2D eigenvalue weighted by molar-refractivity contribution is -0.269. The van der Waals surface area contributed by atoms with Crippen LogP contribution >= 0.6 is 12.2 Å². The molecule has 0 radical (unpaired) electrons. The van der Waals surface area contributed by atoms with E-state index in [0.717, 1.165) is 43.5 Å². The Bertz CT molecular complexity index is 1540. The average molecular weight is 627 g/mol. The average Bonchev–Trinajstić information content (AvgIpc) is 2.97. The number of pyridine rings is 1. The Morgan fingerprint density at radius 3 is 2.07 bits per heavy atom. The van der Waals surface area contributed by atoms with Crippen molar-refractivity contribution >= 4 is 36.1 Å². The standard InChI is InChI=1S/C31H34N2O10S/c1-16(34)39-15-25-27(40-17(2)35)28(41-18(3)36)29(42-19(4)37)30(43-25)33-24-9-7-6-8-22(24)26(23(14-32)31(33)44)20-10-12-21(38-5)13-11-20/h10-13,25,27-30H,6-9,15H2,1-5H3/t25-,27-,28+,29+,30-/m1/s1. The first-order valence-corrected chi connectivity index (χ1v) is 14.5. The fourth-order valence-corrected chi connectivity index (χ4v) is 6.15. The minimum atomic E-state index is -1.37. The van der Waals surface area contributed by atoms with Gasteiger partial charge in [-0.1, -0.05) is 24.4 Å². The Hall–Kier alpha value is -4.28. The lowest BCUT2D eigenvalue weighted by Crippen LogP contribution is -2.61. The molecular weight excluding hydrogens is 592 g/mol. The second-order valence-corrected chi connectivity index (χ2v) is 10.9. The molecule has 1 aromatic heterocycles. The Morgan fingerprint density at radius 2 is 1.50 bits per heavy atom. The summed E-state index contributed by atoms with van der Waals surface area (Å²) in [7, 11) is 1.57.